The SMILES string of the molecule is CC(C)c1ccc(C(=O)Nc2nc(-c3cccnc3)cs2)c(O)c1. The molecule has 0 saturated carbocycles. The van der Waals surface area contributed by atoms with E-state index < -0.39 is 0 Å². The highest BCUT2D eigenvalue weighted by molar-refractivity contribution is 7.14. The molecule has 3 aromatic rings. The van der Waals surface area contributed by atoms with Crippen LogP contribution < -0.4 is 5.32 Å². The molecule has 0 spiro atoms. The first-order valence-electron chi connectivity index (χ1n) is 7.55. The lowest BCUT2D eigenvalue weighted by molar-refractivity contribution is 0.102. The molecular weight excluding hydrogens is 322 g/mol. The Morgan fingerprint density at radius 2 is 2.12 bits per heavy atom. The molecule has 0 atom stereocenters. The molecule has 5 nitrogen and oxygen atoms in total. The molecule has 3 rings (SSSR count). The van der Waals surface area contributed by atoms with E-state index in [-0.39, 0.29) is 23.1 Å². The Hall–Kier alpha value is -2.73. The molecule has 2 aromatic heterocycles. The van der Waals surface area contributed by atoms with Crippen LogP contribution in [0.4, 0.5) is 5.13 Å². The average Bonchev–Trinajstić information content (AvgIpc) is 3.03. The number of phenols is 1. The van der Waals surface area contributed by atoms with Gasteiger partial charge in [0.15, 0.2) is 5.13 Å². The molecule has 1 amide bonds. The van der Waals surface area contributed by atoms with Gasteiger partial charge in [0.1, 0.15) is 5.75 Å². The van der Waals surface area contributed by atoms with E-state index in [0.717, 1.165) is 16.8 Å². The molecule has 1 aromatic carbocycles. The van der Waals surface area contributed by atoms with Gasteiger partial charge >= 0.3 is 0 Å². The number of carbonyl (C=O) groups is 1. The highest BCUT2D eigenvalue weighted by atomic mass is 32.1. The first-order valence-corrected chi connectivity index (χ1v) is 8.42. The van der Waals surface area contributed by atoms with Gasteiger partial charge in [-0.25, -0.2) is 4.98 Å². The largest absolute Gasteiger partial charge is 0.507 e. The Balaban J connectivity index is 1.77. The molecule has 0 aliphatic rings. The number of carbonyl (C=O) groups excluding carboxylic acids is 1. The van der Waals surface area contributed by atoms with Crippen LogP contribution in [0, 0.1) is 0 Å². The summed E-state index contributed by atoms with van der Waals surface area (Å²) in [5, 5.41) is 15.1. The highest BCUT2D eigenvalue weighted by Crippen LogP contribution is 2.27. The van der Waals surface area contributed by atoms with E-state index in [1.165, 1.54) is 11.3 Å². The lowest BCUT2D eigenvalue weighted by Crippen LogP contribution is -2.12. The number of aromatic hydroxyl groups is 1. The second-order valence-electron chi connectivity index (χ2n) is 5.67. The zero-order valence-electron chi connectivity index (χ0n) is 13.4. The van der Waals surface area contributed by atoms with Gasteiger partial charge in [-0.15, -0.1) is 11.3 Å². The van der Waals surface area contributed by atoms with Crippen LogP contribution in [0.5, 0.6) is 5.75 Å². The van der Waals surface area contributed by atoms with Crippen LogP contribution in [-0.4, -0.2) is 21.0 Å². The maximum absolute atomic E-state index is 12.3. The van der Waals surface area contributed by atoms with Crippen LogP contribution in [0.1, 0.15) is 35.7 Å². The van der Waals surface area contributed by atoms with Gasteiger partial charge < -0.3 is 5.11 Å². The summed E-state index contributed by atoms with van der Waals surface area (Å²) in [7, 11) is 0. The maximum atomic E-state index is 12.3. The van der Waals surface area contributed by atoms with E-state index in [0.29, 0.717) is 5.13 Å². The zero-order chi connectivity index (χ0) is 17.1. The van der Waals surface area contributed by atoms with Crippen molar-refractivity contribution in [1.82, 2.24) is 9.97 Å². The third-order valence-corrected chi connectivity index (χ3v) is 4.37. The van der Waals surface area contributed by atoms with Gasteiger partial charge in [-0.05, 0) is 35.7 Å². The van der Waals surface area contributed by atoms with Crippen molar-refractivity contribution in [2.24, 2.45) is 0 Å². The number of aromatic nitrogens is 2. The topological polar surface area (TPSA) is 75.1 Å². The van der Waals surface area contributed by atoms with Crippen LogP contribution in [0.15, 0.2) is 48.1 Å². The summed E-state index contributed by atoms with van der Waals surface area (Å²) in [6.45, 7) is 4.06. The summed E-state index contributed by atoms with van der Waals surface area (Å²) in [6, 6.07) is 8.85. The molecule has 6 heteroatoms. The molecule has 122 valence electrons. The lowest BCUT2D eigenvalue weighted by atomic mass is 10.0. The van der Waals surface area contributed by atoms with Gasteiger partial charge in [0.2, 0.25) is 0 Å². The summed E-state index contributed by atoms with van der Waals surface area (Å²) < 4.78 is 0. The molecule has 0 radical (unpaired) electrons. The van der Waals surface area contributed by atoms with Crippen molar-refractivity contribution in [2.45, 2.75) is 19.8 Å². The third-order valence-electron chi connectivity index (χ3n) is 3.62. The molecule has 0 unspecified atom stereocenters. The smallest absolute Gasteiger partial charge is 0.261 e. The Morgan fingerprint density at radius 1 is 1.29 bits per heavy atom. The van der Waals surface area contributed by atoms with Crippen molar-refractivity contribution < 1.29 is 9.90 Å². The van der Waals surface area contributed by atoms with Crippen molar-refractivity contribution in [3.05, 3.63) is 59.2 Å². The minimum atomic E-state index is -0.380. The van der Waals surface area contributed by atoms with E-state index in [9.17, 15) is 9.90 Å². The second kappa shape index (κ2) is 6.80. The van der Waals surface area contributed by atoms with Crippen molar-refractivity contribution >= 4 is 22.4 Å². The molecule has 0 saturated heterocycles. The predicted octanol–water partition coefficient (Wildman–Crippen LogP) is 4.29. The van der Waals surface area contributed by atoms with Gasteiger partial charge in [-0.1, -0.05) is 19.9 Å². The summed E-state index contributed by atoms with van der Waals surface area (Å²) in [5.74, 6) is -0.119. The van der Waals surface area contributed by atoms with Gasteiger partial charge in [0, 0.05) is 23.3 Å². The molecule has 0 aliphatic heterocycles. The number of amides is 1. The minimum absolute atomic E-state index is 0.0252. The van der Waals surface area contributed by atoms with E-state index in [2.05, 4.69) is 15.3 Å². The van der Waals surface area contributed by atoms with Crippen molar-refractivity contribution in [3.63, 3.8) is 0 Å². The maximum Gasteiger partial charge on any atom is 0.261 e. The molecule has 0 aliphatic carbocycles. The fourth-order valence-electron chi connectivity index (χ4n) is 2.24. The first kappa shape index (κ1) is 16.1. The van der Waals surface area contributed by atoms with Crippen molar-refractivity contribution in [1.29, 1.82) is 0 Å². The third kappa shape index (κ3) is 3.44. The number of pyridine rings is 1. The van der Waals surface area contributed by atoms with Gasteiger partial charge in [0.25, 0.3) is 5.91 Å². The molecule has 2 heterocycles. The Labute approximate surface area is 144 Å². The van der Waals surface area contributed by atoms with Crippen LogP contribution in [-0.2, 0) is 0 Å². The number of hydrogen-bond donors (Lipinski definition) is 2. The van der Waals surface area contributed by atoms with Crippen LogP contribution in [0.2, 0.25) is 0 Å². The second-order valence-corrected chi connectivity index (χ2v) is 6.52. The fraction of sp³-hybridized carbons (Fsp3) is 0.167. The van der Waals surface area contributed by atoms with Crippen LogP contribution >= 0.6 is 11.3 Å². The Bertz CT molecular complexity index is 860. The van der Waals surface area contributed by atoms with E-state index in [1.807, 2.05) is 37.4 Å². The standard InChI is InChI=1S/C18H17N3O2S/c1-11(2)12-5-6-14(16(22)8-12)17(23)21-18-20-15(10-24-18)13-4-3-7-19-9-13/h3-11,22H,1-2H3,(H,20,21,23). The fourth-order valence-corrected chi connectivity index (χ4v) is 2.96. The van der Waals surface area contributed by atoms with Crippen molar-refractivity contribution in [2.75, 3.05) is 5.32 Å². The Morgan fingerprint density at radius 3 is 2.79 bits per heavy atom. The number of thiazole rings is 1. The summed E-state index contributed by atoms with van der Waals surface area (Å²) in [5.41, 5.74) is 2.86. The van der Waals surface area contributed by atoms with Crippen LogP contribution in [0.3, 0.4) is 0 Å². The number of rotatable bonds is 4. The molecule has 0 bridgehead atoms. The number of phenolic OH excluding ortho intramolecular Hbond substituents is 1. The molecule has 2 N–H and O–H groups in total. The number of hydrogen-bond acceptors (Lipinski definition) is 5. The number of nitrogens with one attached hydrogen (secondary N) is 1. The lowest BCUT2D eigenvalue weighted by Gasteiger charge is -2.09. The van der Waals surface area contributed by atoms with Gasteiger partial charge in [-0.2, -0.15) is 0 Å². The van der Waals surface area contributed by atoms with Gasteiger partial charge in [0.05, 0.1) is 11.3 Å². The summed E-state index contributed by atoms with van der Waals surface area (Å²) in [4.78, 5) is 20.8. The van der Waals surface area contributed by atoms with Gasteiger partial charge in [-0.3, -0.25) is 15.1 Å². The summed E-state index contributed by atoms with van der Waals surface area (Å²) in [6.07, 6.45) is 3.42. The summed E-state index contributed by atoms with van der Waals surface area (Å²) >= 11 is 1.33. The normalized spacial score (nSPS) is 10.8. The average molecular weight is 339 g/mol. The quantitative estimate of drug-likeness (QED) is 0.743. The van der Waals surface area contributed by atoms with Crippen LogP contribution in [0.25, 0.3) is 11.3 Å². The predicted molar refractivity (Wildman–Crippen MR) is 95.5 cm³/mol. The van der Waals surface area contributed by atoms with E-state index in [1.54, 1.807) is 24.5 Å². The zero-order valence-corrected chi connectivity index (χ0v) is 14.2. The highest BCUT2D eigenvalue weighted by Gasteiger charge is 2.15. The molecule has 24 heavy (non-hydrogen) atoms. The van der Waals surface area contributed by atoms with Crippen molar-refractivity contribution in [3.8, 4) is 17.0 Å². The molecular formula is C18H17N3O2S. The Kier molecular flexibility index (Phi) is 4.57. The first-order chi connectivity index (χ1) is 11.5. The molecule has 0 fully saturated rings. The van der Waals surface area contributed by atoms with E-state index >= 15 is 0 Å². The number of anilines is 1. The number of benzene rings is 1. The van der Waals surface area contributed by atoms with E-state index in [4.69, 9.17) is 0 Å². The minimum Gasteiger partial charge on any atom is -0.507 e. The monoisotopic (exact) mass is 339 g/mol. The number of nitrogens with zero attached hydrogens (tertiary/aromatic N) is 2.